The van der Waals surface area contributed by atoms with Gasteiger partial charge < -0.3 is 9.55 Å². The fourth-order valence-corrected chi connectivity index (χ4v) is 3.31. The highest BCUT2D eigenvalue weighted by molar-refractivity contribution is 7.71. The maximum absolute atomic E-state index is 9.20. The van der Waals surface area contributed by atoms with Gasteiger partial charge in [0.25, 0.3) is 0 Å². The first kappa shape index (κ1) is 13.8. The van der Waals surface area contributed by atoms with Gasteiger partial charge in [0.15, 0.2) is 4.77 Å². The summed E-state index contributed by atoms with van der Waals surface area (Å²) in [4.78, 5) is 3.21. The first-order valence-corrected chi connectivity index (χ1v) is 7.18. The molecular formula is C15H19N3S. The monoisotopic (exact) mass is 273 g/mol. The molecule has 4 heteroatoms. The number of aromatic amines is 1. The number of nitriles is 1. The lowest BCUT2D eigenvalue weighted by Gasteiger charge is -2.33. The van der Waals surface area contributed by atoms with Gasteiger partial charge in [0.1, 0.15) is 6.07 Å². The van der Waals surface area contributed by atoms with Crippen molar-refractivity contribution >= 4 is 23.3 Å². The Kier molecular flexibility index (Phi) is 3.77. The predicted molar refractivity (Wildman–Crippen MR) is 80.7 cm³/mol. The molecule has 1 N–H and O–H groups in total. The molecule has 0 amide bonds. The van der Waals surface area contributed by atoms with Crippen LogP contribution in [0.2, 0.25) is 0 Å². The number of fused-ring (bicyclic) bond motifs is 1. The Hall–Kier alpha value is -1.60. The first-order valence-electron chi connectivity index (χ1n) is 6.77. The number of benzene rings is 1. The van der Waals surface area contributed by atoms with Crippen LogP contribution >= 0.6 is 12.2 Å². The van der Waals surface area contributed by atoms with Crippen molar-refractivity contribution in [1.29, 1.82) is 5.26 Å². The van der Waals surface area contributed by atoms with Crippen LogP contribution < -0.4 is 0 Å². The van der Waals surface area contributed by atoms with Crippen LogP contribution in [0.25, 0.3) is 11.0 Å². The van der Waals surface area contributed by atoms with Gasteiger partial charge in [-0.3, -0.25) is 0 Å². The summed E-state index contributed by atoms with van der Waals surface area (Å²) in [6.45, 7) is 6.59. The van der Waals surface area contributed by atoms with Gasteiger partial charge in [0.2, 0.25) is 0 Å². The second kappa shape index (κ2) is 5.18. The molecule has 0 aliphatic carbocycles. The van der Waals surface area contributed by atoms with Crippen molar-refractivity contribution in [3.05, 3.63) is 28.5 Å². The minimum atomic E-state index is 0.0312. The third-order valence-electron chi connectivity index (χ3n) is 4.29. The van der Waals surface area contributed by atoms with E-state index in [1.165, 1.54) is 0 Å². The van der Waals surface area contributed by atoms with Crippen molar-refractivity contribution in [2.24, 2.45) is 0 Å². The highest BCUT2D eigenvalue weighted by Crippen LogP contribution is 2.33. The molecule has 0 fully saturated rings. The summed E-state index contributed by atoms with van der Waals surface area (Å²) >= 11 is 5.51. The number of aromatic nitrogens is 2. The van der Waals surface area contributed by atoms with E-state index in [-0.39, 0.29) is 5.54 Å². The number of nitrogens with zero attached hydrogens (tertiary/aromatic N) is 2. The maximum Gasteiger partial charge on any atom is 0.178 e. The van der Waals surface area contributed by atoms with Gasteiger partial charge in [-0.25, -0.2) is 0 Å². The molecule has 1 heterocycles. The fourth-order valence-electron chi connectivity index (χ4n) is 2.92. The lowest BCUT2D eigenvalue weighted by Crippen LogP contribution is -2.31. The fraction of sp³-hybridized carbons (Fsp3) is 0.467. The van der Waals surface area contributed by atoms with Crippen molar-refractivity contribution in [3.63, 3.8) is 0 Å². The molecular weight excluding hydrogens is 254 g/mol. The van der Waals surface area contributed by atoms with Crippen LogP contribution in [0.1, 0.15) is 45.6 Å². The zero-order valence-corrected chi connectivity index (χ0v) is 12.5. The third-order valence-corrected chi connectivity index (χ3v) is 4.57. The highest BCUT2D eigenvalue weighted by atomic mass is 32.1. The molecule has 0 bridgehead atoms. The molecule has 0 saturated carbocycles. The van der Waals surface area contributed by atoms with Crippen LogP contribution in [0.3, 0.4) is 0 Å². The second-order valence-electron chi connectivity index (χ2n) is 4.86. The Balaban J connectivity index is 2.86. The van der Waals surface area contributed by atoms with Crippen molar-refractivity contribution in [2.75, 3.05) is 0 Å². The summed E-state index contributed by atoms with van der Waals surface area (Å²) in [5, 5.41) is 9.20. The average Bonchev–Trinajstić information content (AvgIpc) is 2.79. The predicted octanol–water partition coefficient (Wildman–Crippen LogP) is 4.50. The quantitative estimate of drug-likeness (QED) is 0.834. The Bertz CT molecular complexity index is 675. The Morgan fingerprint density at radius 1 is 1.26 bits per heavy atom. The smallest absolute Gasteiger partial charge is 0.178 e. The summed E-state index contributed by atoms with van der Waals surface area (Å²) < 4.78 is 2.92. The van der Waals surface area contributed by atoms with Crippen molar-refractivity contribution in [2.45, 2.75) is 45.6 Å². The third kappa shape index (κ3) is 1.98. The number of rotatable bonds is 4. The SMILES string of the molecule is CCC(CC)(CC)n1c(=S)[nH]c2c(C#N)cccc21. The van der Waals surface area contributed by atoms with E-state index in [1.54, 1.807) is 0 Å². The van der Waals surface area contributed by atoms with E-state index >= 15 is 0 Å². The van der Waals surface area contributed by atoms with Gasteiger partial charge in [-0.1, -0.05) is 26.8 Å². The summed E-state index contributed by atoms with van der Waals surface area (Å²) in [7, 11) is 0. The summed E-state index contributed by atoms with van der Waals surface area (Å²) in [5.74, 6) is 0. The second-order valence-corrected chi connectivity index (χ2v) is 5.25. The lowest BCUT2D eigenvalue weighted by molar-refractivity contribution is 0.255. The van der Waals surface area contributed by atoms with Crippen molar-refractivity contribution in [3.8, 4) is 6.07 Å². The number of hydrogen-bond acceptors (Lipinski definition) is 2. The molecule has 0 radical (unpaired) electrons. The van der Waals surface area contributed by atoms with Gasteiger partial charge in [-0.2, -0.15) is 5.26 Å². The minimum Gasteiger partial charge on any atom is -0.329 e. The lowest BCUT2D eigenvalue weighted by atomic mass is 9.89. The van der Waals surface area contributed by atoms with Crippen molar-refractivity contribution in [1.82, 2.24) is 9.55 Å². The summed E-state index contributed by atoms with van der Waals surface area (Å²) in [6.07, 6.45) is 3.08. The first-order chi connectivity index (χ1) is 9.13. The van der Waals surface area contributed by atoms with E-state index in [9.17, 15) is 5.26 Å². The zero-order chi connectivity index (χ0) is 14.0. The number of imidazole rings is 1. The van der Waals surface area contributed by atoms with Crippen molar-refractivity contribution < 1.29 is 0 Å². The molecule has 0 saturated heterocycles. The summed E-state index contributed by atoms with van der Waals surface area (Å²) in [5.41, 5.74) is 2.58. The molecule has 0 aliphatic heterocycles. The largest absolute Gasteiger partial charge is 0.329 e. The summed E-state index contributed by atoms with van der Waals surface area (Å²) in [6, 6.07) is 8.01. The van der Waals surface area contributed by atoms with Crippen LogP contribution in [-0.4, -0.2) is 9.55 Å². The van der Waals surface area contributed by atoms with Gasteiger partial charge in [0, 0.05) is 5.54 Å². The normalized spacial score (nSPS) is 11.7. The minimum absolute atomic E-state index is 0.0312. The molecule has 2 rings (SSSR count). The van der Waals surface area contributed by atoms with Crippen LogP contribution in [0.4, 0.5) is 0 Å². The van der Waals surface area contributed by atoms with E-state index in [1.807, 2.05) is 18.2 Å². The van der Waals surface area contributed by atoms with E-state index < -0.39 is 0 Å². The molecule has 1 aromatic heterocycles. The van der Waals surface area contributed by atoms with E-state index in [4.69, 9.17) is 12.2 Å². The molecule has 0 unspecified atom stereocenters. The number of nitrogens with one attached hydrogen (secondary N) is 1. The molecule has 0 atom stereocenters. The van der Waals surface area contributed by atoms with E-state index in [0.29, 0.717) is 10.3 Å². The van der Waals surface area contributed by atoms with Crippen LogP contribution in [0.15, 0.2) is 18.2 Å². The Labute approximate surface area is 118 Å². The number of hydrogen-bond donors (Lipinski definition) is 1. The average molecular weight is 273 g/mol. The molecule has 3 nitrogen and oxygen atoms in total. The standard InChI is InChI=1S/C15H19N3S/c1-4-15(5-2,6-3)18-12-9-7-8-11(10-16)13(12)17-14(18)19/h7-9H,4-6H2,1-3H3,(H,17,19). The molecule has 1 aromatic carbocycles. The molecule has 0 aliphatic rings. The molecule has 2 aromatic rings. The molecule has 100 valence electrons. The highest BCUT2D eigenvalue weighted by Gasteiger charge is 2.28. The van der Waals surface area contributed by atoms with Gasteiger partial charge in [-0.15, -0.1) is 0 Å². The maximum atomic E-state index is 9.20. The van der Waals surface area contributed by atoms with Gasteiger partial charge in [0.05, 0.1) is 16.6 Å². The number of H-pyrrole nitrogens is 1. The topological polar surface area (TPSA) is 44.5 Å². The Morgan fingerprint density at radius 2 is 1.89 bits per heavy atom. The van der Waals surface area contributed by atoms with E-state index in [2.05, 4.69) is 36.4 Å². The van der Waals surface area contributed by atoms with Gasteiger partial charge >= 0.3 is 0 Å². The van der Waals surface area contributed by atoms with Crippen LogP contribution in [0, 0.1) is 16.1 Å². The van der Waals surface area contributed by atoms with Crippen LogP contribution in [0.5, 0.6) is 0 Å². The Morgan fingerprint density at radius 3 is 2.42 bits per heavy atom. The van der Waals surface area contributed by atoms with Crippen LogP contribution in [-0.2, 0) is 5.54 Å². The zero-order valence-electron chi connectivity index (χ0n) is 11.7. The van der Waals surface area contributed by atoms with E-state index in [0.717, 1.165) is 30.3 Å². The molecule has 0 spiro atoms. The number of para-hydroxylation sites is 1. The van der Waals surface area contributed by atoms with Gasteiger partial charge in [-0.05, 0) is 43.6 Å². The molecule has 19 heavy (non-hydrogen) atoms.